The van der Waals surface area contributed by atoms with Crippen LogP contribution in [0.1, 0.15) is 50.8 Å². The smallest absolute Gasteiger partial charge is 0.223 e. The van der Waals surface area contributed by atoms with E-state index in [0.29, 0.717) is 19.0 Å². The molecule has 2 heterocycles. The predicted octanol–water partition coefficient (Wildman–Crippen LogP) is 2.46. The van der Waals surface area contributed by atoms with Crippen LogP contribution in [0.2, 0.25) is 0 Å². The van der Waals surface area contributed by atoms with Crippen LogP contribution in [0.15, 0.2) is 6.07 Å². The van der Waals surface area contributed by atoms with Gasteiger partial charge in [0.25, 0.3) is 0 Å². The molecule has 1 aromatic heterocycles. The van der Waals surface area contributed by atoms with Gasteiger partial charge in [-0.3, -0.25) is 4.79 Å². The van der Waals surface area contributed by atoms with Crippen LogP contribution in [-0.2, 0) is 4.79 Å². The molecule has 24 heavy (non-hydrogen) atoms. The summed E-state index contributed by atoms with van der Waals surface area (Å²) in [7, 11) is 0. The van der Waals surface area contributed by atoms with Gasteiger partial charge in [-0.15, -0.1) is 0 Å². The zero-order chi connectivity index (χ0) is 16.8. The molecule has 6 nitrogen and oxygen atoms in total. The van der Waals surface area contributed by atoms with E-state index < -0.39 is 0 Å². The van der Waals surface area contributed by atoms with E-state index in [1.165, 1.54) is 32.1 Å². The Balaban J connectivity index is 1.47. The van der Waals surface area contributed by atoms with E-state index in [4.69, 9.17) is 4.74 Å². The van der Waals surface area contributed by atoms with Crippen molar-refractivity contribution >= 4 is 11.7 Å². The number of nitrogens with zero attached hydrogens (tertiary/aromatic N) is 3. The SMILES string of the molecule is Cc1nc(OCCNC(=O)C2CCCC2)cc(N2CCCCC2)n1. The van der Waals surface area contributed by atoms with Crippen LogP contribution in [0, 0.1) is 12.8 Å². The van der Waals surface area contributed by atoms with E-state index in [1.54, 1.807) is 0 Å². The summed E-state index contributed by atoms with van der Waals surface area (Å²) >= 11 is 0. The Morgan fingerprint density at radius 3 is 2.71 bits per heavy atom. The molecule has 0 spiro atoms. The van der Waals surface area contributed by atoms with Crippen molar-refractivity contribution in [2.75, 3.05) is 31.1 Å². The van der Waals surface area contributed by atoms with E-state index in [0.717, 1.165) is 37.6 Å². The van der Waals surface area contributed by atoms with Gasteiger partial charge in [0.2, 0.25) is 11.8 Å². The minimum atomic E-state index is 0.170. The average Bonchev–Trinajstić information content (AvgIpc) is 3.14. The summed E-state index contributed by atoms with van der Waals surface area (Å²) in [5.74, 6) is 2.65. The minimum Gasteiger partial charge on any atom is -0.476 e. The van der Waals surface area contributed by atoms with Gasteiger partial charge in [0.15, 0.2) is 0 Å². The maximum atomic E-state index is 12.0. The van der Waals surface area contributed by atoms with Crippen LogP contribution in [0.5, 0.6) is 5.88 Å². The Morgan fingerprint density at radius 2 is 1.96 bits per heavy atom. The number of hydrogen-bond donors (Lipinski definition) is 1. The Labute approximate surface area is 144 Å². The largest absolute Gasteiger partial charge is 0.476 e. The number of aryl methyl sites for hydroxylation is 1. The molecule has 1 amide bonds. The molecule has 1 aliphatic carbocycles. The van der Waals surface area contributed by atoms with Gasteiger partial charge in [-0.2, -0.15) is 4.98 Å². The Kier molecular flexibility index (Phi) is 5.88. The van der Waals surface area contributed by atoms with Crippen LogP contribution in [0.25, 0.3) is 0 Å². The van der Waals surface area contributed by atoms with Crippen molar-refractivity contribution in [2.45, 2.75) is 51.9 Å². The van der Waals surface area contributed by atoms with Crippen LogP contribution in [0.3, 0.4) is 0 Å². The van der Waals surface area contributed by atoms with Crippen molar-refractivity contribution < 1.29 is 9.53 Å². The highest BCUT2D eigenvalue weighted by molar-refractivity contribution is 5.78. The molecule has 2 aliphatic rings. The number of ether oxygens (including phenoxy) is 1. The summed E-state index contributed by atoms with van der Waals surface area (Å²) in [4.78, 5) is 23.2. The van der Waals surface area contributed by atoms with Gasteiger partial charge in [0, 0.05) is 25.1 Å². The third-order valence-corrected chi connectivity index (χ3v) is 4.86. The summed E-state index contributed by atoms with van der Waals surface area (Å²) in [5, 5.41) is 2.97. The molecular weight excluding hydrogens is 304 g/mol. The third kappa shape index (κ3) is 4.58. The lowest BCUT2D eigenvalue weighted by atomic mass is 10.1. The molecule has 1 N–H and O–H groups in total. The fourth-order valence-electron chi connectivity index (χ4n) is 3.55. The van der Waals surface area contributed by atoms with E-state index in [9.17, 15) is 4.79 Å². The topological polar surface area (TPSA) is 67.3 Å². The number of carbonyl (C=O) groups excluding carboxylic acids is 1. The van der Waals surface area contributed by atoms with Crippen LogP contribution < -0.4 is 15.0 Å². The van der Waals surface area contributed by atoms with Crippen molar-refractivity contribution in [1.82, 2.24) is 15.3 Å². The highest BCUT2D eigenvalue weighted by Gasteiger charge is 2.22. The summed E-state index contributed by atoms with van der Waals surface area (Å²) in [6, 6.07) is 1.91. The lowest BCUT2D eigenvalue weighted by molar-refractivity contribution is -0.124. The lowest BCUT2D eigenvalue weighted by Crippen LogP contribution is -2.32. The molecule has 1 saturated carbocycles. The average molecular weight is 332 g/mol. The van der Waals surface area contributed by atoms with Crippen LogP contribution in [-0.4, -0.2) is 42.1 Å². The van der Waals surface area contributed by atoms with Gasteiger partial charge in [0.05, 0.1) is 6.54 Å². The Morgan fingerprint density at radius 1 is 1.21 bits per heavy atom. The molecule has 1 aromatic rings. The normalized spacial score (nSPS) is 18.6. The number of anilines is 1. The van der Waals surface area contributed by atoms with Gasteiger partial charge in [-0.25, -0.2) is 4.98 Å². The number of piperidine rings is 1. The first-order valence-electron chi connectivity index (χ1n) is 9.23. The van der Waals surface area contributed by atoms with Gasteiger partial charge in [0.1, 0.15) is 18.2 Å². The second kappa shape index (κ2) is 8.31. The number of nitrogens with one attached hydrogen (secondary N) is 1. The first-order chi connectivity index (χ1) is 11.7. The Bertz CT molecular complexity index is 552. The number of rotatable bonds is 6. The molecule has 0 unspecified atom stereocenters. The summed E-state index contributed by atoms with van der Waals surface area (Å²) < 4.78 is 5.74. The van der Waals surface area contributed by atoms with Crippen LogP contribution >= 0.6 is 0 Å². The number of hydrogen-bond acceptors (Lipinski definition) is 5. The van der Waals surface area contributed by atoms with Crippen LogP contribution in [0.4, 0.5) is 5.82 Å². The van der Waals surface area contributed by atoms with Crippen molar-refractivity contribution in [1.29, 1.82) is 0 Å². The van der Waals surface area contributed by atoms with Crippen molar-refractivity contribution in [3.63, 3.8) is 0 Å². The minimum absolute atomic E-state index is 0.170. The molecular formula is C18H28N4O2. The summed E-state index contributed by atoms with van der Waals surface area (Å²) in [5.41, 5.74) is 0. The fraction of sp³-hybridized carbons (Fsp3) is 0.722. The molecule has 0 radical (unpaired) electrons. The first-order valence-corrected chi connectivity index (χ1v) is 9.23. The van der Waals surface area contributed by atoms with Gasteiger partial charge in [-0.1, -0.05) is 12.8 Å². The Hall–Kier alpha value is -1.85. The number of carbonyl (C=O) groups is 1. The highest BCUT2D eigenvalue weighted by atomic mass is 16.5. The second-order valence-corrected chi connectivity index (χ2v) is 6.78. The maximum Gasteiger partial charge on any atom is 0.223 e. The molecule has 1 saturated heterocycles. The van der Waals surface area contributed by atoms with Gasteiger partial charge < -0.3 is 15.0 Å². The standard InChI is InChI=1S/C18H28N4O2/c1-14-20-16(22-10-5-2-6-11-22)13-17(21-14)24-12-9-19-18(23)15-7-3-4-8-15/h13,15H,2-12H2,1H3,(H,19,23). The van der Waals surface area contributed by atoms with E-state index >= 15 is 0 Å². The van der Waals surface area contributed by atoms with Gasteiger partial charge >= 0.3 is 0 Å². The molecule has 1 aliphatic heterocycles. The first kappa shape index (κ1) is 17.0. The lowest BCUT2D eigenvalue weighted by Gasteiger charge is -2.28. The fourth-order valence-corrected chi connectivity index (χ4v) is 3.55. The molecule has 3 rings (SSSR count). The monoisotopic (exact) mass is 332 g/mol. The second-order valence-electron chi connectivity index (χ2n) is 6.78. The van der Waals surface area contributed by atoms with E-state index in [1.807, 2.05) is 13.0 Å². The molecule has 2 fully saturated rings. The third-order valence-electron chi connectivity index (χ3n) is 4.86. The molecule has 6 heteroatoms. The van der Waals surface area contributed by atoms with Crippen molar-refractivity contribution in [2.24, 2.45) is 5.92 Å². The van der Waals surface area contributed by atoms with Crippen molar-refractivity contribution in [3.05, 3.63) is 11.9 Å². The number of amides is 1. The number of aromatic nitrogens is 2. The highest BCUT2D eigenvalue weighted by Crippen LogP contribution is 2.24. The molecule has 0 aromatic carbocycles. The van der Waals surface area contributed by atoms with Gasteiger partial charge in [-0.05, 0) is 39.0 Å². The summed E-state index contributed by atoms with van der Waals surface area (Å²) in [6.45, 7) is 4.95. The predicted molar refractivity (Wildman–Crippen MR) is 93.3 cm³/mol. The van der Waals surface area contributed by atoms with E-state index in [-0.39, 0.29) is 11.8 Å². The quantitative estimate of drug-likeness (QED) is 0.811. The maximum absolute atomic E-state index is 12.0. The molecule has 0 bridgehead atoms. The molecule has 0 atom stereocenters. The molecule has 132 valence electrons. The zero-order valence-electron chi connectivity index (χ0n) is 14.6. The zero-order valence-corrected chi connectivity index (χ0v) is 14.6. The van der Waals surface area contributed by atoms with E-state index in [2.05, 4.69) is 20.2 Å². The van der Waals surface area contributed by atoms with Crippen molar-refractivity contribution in [3.8, 4) is 5.88 Å². The summed E-state index contributed by atoms with van der Waals surface area (Å²) in [6.07, 6.45) is 8.12.